The molecule has 0 saturated carbocycles. The molecule has 168 valence electrons. The van der Waals surface area contributed by atoms with E-state index < -0.39 is 0 Å². The van der Waals surface area contributed by atoms with Crippen LogP contribution in [-0.4, -0.2) is 50.0 Å². The fraction of sp³-hybridized carbons (Fsp3) is 0.462. The first kappa shape index (κ1) is 23.7. The van der Waals surface area contributed by atoms with Crippen molar-refractivity contribution in [2.45, 2.75) is 39.3 Å². The highest BCUT2D eigenvalue weighted by Gasteiger charge is 2.18. The average molecular weight is 439 g/mol. The number of benzene rings is 2. The summed E-state index contributed by atoms with van der Waals surface area (Å²) in [7, 11) is 2.00. The fourth-order valence-corrected chi connectivity index (χ4v) is 4.98. The molecule has 1 aliphatic heterocycles. The Balaban J connectivity index is 1.40. The number of nitrogens with zero attached hydrogens (tertiary/aromatic N) is 2. The van der Waals surface area contributed by atoms with E-state index >= 15 is 0 Å². The minimum absolute atomic E-state index is 0.624. The SMILES string of the molecule is CCN(CC)c1ccc(/C(=C/SCNC2CCN(Cc3ccccc3)CC2)NC)cc1. The van der Waals surface area contributed by atoms with Crippen LogP contribution in [-0.2, 0) is 6.54 Å². The molecule has 0 aliphatic carbocycles. The summed E-state index contributed by atoms with van der Waals surface area (Å²) in [6.45, 7) is 9.90. The molecule has 2 N–H and O–H groups in total. The van der Waals surface area contributed by atoms with Crippen LogP contribution in [0.5, 0.6) is 0 Å². The molecule has 2 aromatic rings. The molecule has 2 aromatic carbocycles. The van der Waals surface area contributed by atoms with Gasteiger partial charge < -0.3 is 15.5 Å². The van der Waals surface area contributed by atoms with Crippen LogP contribution in [0.2, 0.25) is 0 Å². The van der Waals surface area contributed by atoms with Gasteiger partial charge >= 0.3 is 0 Å². The van der Waals surface area contributed by atoms with Crippen LogP contribution in [0.4, 0.5) is 5.69 Å². The summed E-state index contributed by atoms with van der Waals surface area (Å²) in [5.74, 6) is 0.950. The molecule has 0 unspecified atom stereocenters. The lowest BCUT2D eigenvalue weighted by molar-refractivity contribution is 0.194. The molecule has 31 heavy (non-hydrogen) atoms. The summed E-state index contributed by atoms with van der Waals surface area (Å²) in [4.78, 5) is 4.94. The zero-order valence-electron chi connectivity index (χ0n) is 19.3. The third kappa shape index (κ3) is 7.30. The van der Waals surface area contributed by atoms with Gasteiger partial charge in [0.05, 0.1) is 0 Å². The van der Waals surface area contributed by atoms with Gasteiger partial charge in [0.25, 0.3) is 0 Å². The quantitative estimate of drug-likeness (QED) is 0.381. The molecule has 0 atom stereocenters. The van der Waals surface area contributed by atoms with Gasteiger partial charge in [0.2, 0.25) is 0 Å². The maximum atomic E-state index is 3.73. The van der Waals surface area contributed by atoms with E-state index in [1.165, 1.54) is 48.4 Å². The summed E-state index contributed by atoms with van der Waals surface area (Å²) < 4.78 is 0. The standard InChI is InChI=1S/C26H38N4S/c1-4-30(5-2)25-13-11-23(12-14-25)26(27-3)20-31-21-28-24-15-17-29(18-16-24)19-22-9-7-6-8-10-22/h6-14,20,24,27-28H,4-5,15-19,21H2,1-3H3/b26-20-. The number of nitrogens with one attached hydrogen (secondary N) is 2. The van der Waals surface area contributed by atoms with E-state index in [4.69, 9.17) is 0 Å². The summed E-state index contributed by atoms with van der Waals surface area (Å²) in [5, 5.41) is 9.33. The number of hydrogen-bond donors (Lipinski definition) is 2. The highest BCUT2D eigenvalue weighted by molar-refractivity contribution is 8.02. The van der Waals surface area contributed by atoms with Crippen molar-refractivity contribution in [1.29, 1.82) is 0 Å². The first-order valence-electron chi connectivity index (χ1n) is 11.6. The van der Waals surface area contributed by atoms with Crippen molar-refractivity contribution in [2.24, 2.45) is 0 Å². The van der Waals surface area contributed by atoms with Crippen LogP contribution < -0.4 is 15.5 Å². The van der Waals surface area contributed by atoms with Crippen molar-refractivity contribution in [3.8, 4) is 0 Å². The normalized spacial score (nSPS) is 15.8. The van der Waals surface area contributed by atoms with E-state index in [9.17, 15) is 0 Å². The molecule has 0 spiro atoms. The van der Waals surface area contributed by atoms with Gasteiger partial charge in [0.15, 0.2) is 0 Å². The summed E-state index contributed by atoms with van der Waals surface area (Å²) >= 11 is 1.84. The van der Waals surface area contributed by atoms with Gasteiger partial charge in [0.1, 0.15) is 0 Å². The van der Waals surface area contributed by atoms with Gasteiger partial charge in [-0.1, -0.05) is 42.5 Å². The molecule has 0 radical (unpaired) electrons. The van der Waals surface area contributed by atoms with Crippen molar-refractivity contribution in [2.75, 3.05) is 44.0 Å². The van der Waals surface area contributed by atoms with Crippen molar-refractivity contribution in [3.63, 3.8) is 0 Å². The molecular formula is C26H38N4S. The third-order valence-corrected chi connectivity index (χ3v) is 6.81. The highest BCUT2D eigenvalue weighted by atomic mass is 32.2. The Hall–Kier alpha value is -1.95. The van der Waals surface area contributed by atoms with Gasteiger partial charge in [0, 0.05) is 50.0 Å². The van der Waals surface area contributed by atoms with Crippen LogP contribution in [0, 0.1) is 0 Å². The van der Waals surface area contributed by atoms with Gasteiger partial charge in [-0.05, 0) is 68.4 Å². The second-order valence-electron chi connectivity index (χ2n) is 8.05. The zero-order chi connectivity index (χ0) is 21.9. The van der Waals surface area contributed by atoms with E-state index in [0.29, 0.717) is 6.04 Å². The predicted molar refractivity (Wildman–Crippen MR) is 137 cm³/mol. The summed E-state index contributed by atoms with van der Waals surface area (Å²) in [6, 6.07) is 20.3. The Kier molecular flexibility index (Phi) is 9.79. The lowest BCUT2D eigenvalue weighted by Gasteiger charge is -2.32. The van der Waals surface area contributed by atoms with Crippen LogP contribution in [0.1, 0.15) is 37.8 Å². The molecule has 1 fully saturated rings. The van der Waals surface area contributed by atoms with E-state index in [0.717, 1.165) is 25.5 Å². The Bertz CT molecular complexity index is 779. The minimum Gasteiger partial charge on any atom is -0.387 e. The Morgan fingerprint density at radius 3 is 2.32 bits per heavy atom. The van der Waals surface area contributed by atoms with Crippen LogP contribution in [0.25, 0.3) is 5.70 Å². The lowest BCUT2D eigenvalue weighted by Crippen LogP contribution is -2.41. The van der Waals surface area contributed by atoms with Crippen molar-refractivity contribution < 1.29 is 0 Å². The van der Waals surface area contributed by atoms with Crippen LogP contribution in [0.3, 0.4) is 0 Å². The zero-order valence-corrected chi connectivity index (χ0v) is 20.1. The van der Waals surface area contributed by atoms with Crippen molar-refractivity contribution in [3.05, 3.63) is 71.1 Å². The Morgan fingerprint density at radius 2 is 1.71 bits per heavy atom. The predicted octanol–water partition coefficient (Wildman–Crippen LogP) is 5.00. The molecule has 1 saturated heterocycles. The highest BCUT2D eigenvalue weighted by Crippen LogP contribution is 2.21. The molecule has 1 heterocycles. The number of thioether (sulfide) groups is 1. The average Bonchev–Trinajstić information content (AvgIpc) is 2.82. The molecule has 3 rings (SSSR count). The molecule has 0 aromatic heterocycles. The fourth-order valence-electron chi connectivity index (χ4n) is 4.14. The van der Waals surface area contributed by atoms with Crippen LogP contribution in [0.15, 0.2) is 60.0 Å². The topological polar surface area (TPSA) is 30.5 Å². The number of likely N-dealkylation sites (tertiary alicyclic amines) is 1. The van der Waals surface area contributed by atoms with Crippen molar-refractivity contribution in [1.82, 2.24) is 15.5 Å². The van der Waals surface area contributed by atoms with E-state index in [1.807, 2.05) is 18.8 Å². The van der Waals surface area contributed by atoms with E-state index in [-0.39, 0.29) is 0 Å². The second kappa shape index (κ2) is 12.8. The maximum absolute atomic E-state index is 3.73. The monoisotopic (exact) mass is 438 g/mol. The van der Waals surface area contributed by atoms with Gasteiger partial charge in [-0.25, -0.2) is 0 Å². The Morgan fingerprint density at radius 1 is 1.03 bits per heavy atom. The second-order valence-corrected chi connectivity index (χ2v) is 8.91. The first-order chi connectivity index (χ1) is 15.2. The summed E-state index contributed by atoms with van der Waals surface area (Å²) in [5.41, 5.74) is 5.12. The van der Waals surface area contributed by atoms with Gasteiger partial charge in [-0.15, -0.1) is 11.8 Å². The van der Waals surface area contributed by atoms with Crippen LogP contribution >= 0.6 is 11.8 Å². The number of rotatable bonds is 11. The summed E-state index contributed by atoms with van der Waals surface area (Å²) in [6.07, 6.45) is 2.45. The molecule has 5 heteroatoms. The van der Waals surface area contributed by atoms with Crippen molar-refractivity contribution >= 4 is 23.1 Å². The van der Waals surface area contributed by atoms with Gasteiger partial charge in [-0.3, -0.25) is 4.90 Å². The molecular weight excluding hydrogens is 400 g/mol. The smallest absolute Gasteiger partial charge is 0.0475 e. The number of anilines is 1. The largest absolute Gasteiger partial charge is 0.387 e. The molecule has 0 amide bonds. The van der Waals surface area contributed by atoms with E-state index in [1.54, 1.807) is 0 Å². The Labute approximate surface area is 193 Å². The van der Waals surface area contributed by atoms with E-state index in [2.05, 4.69) is 94.3 Å². The van der Waals surface area contributed by atoms with Gasteiger partial charge in [-0.2, -0.15) is 0 Å². The molecule has 0 bridgehead atoms. The third-order valence-electron chi connectivity index (χ3n) is 6.07. The molecule has 4 nitrogen and oxygen atoms in total. The first-order valence-corrected chi connectivity index (χ1v) is 12.6. The minimum atomic E-state index is 0.624. The number of hydrogen-bond acceptors (Lipinski definition) is 5. The molecule has 1 aliphatic rings. The number of piperidine rings is 1. The lowest BCUT2D eigenvalue weighted by atomic mass is 10.0. The maximum Gasteiger partial charge on any atom is 0.0475 e.